The molecule has 0 aromatic heterocycles. The molecule has 0 unspecified atom stereocenters. The second-order valence-electron chi connectivity index (χ2n) is 5.96. The maximum Gasteiger partial charge on any atom is -0.172 e. The van der Waals surface area contributed by atoms with E-state index in [1.165, 1.54) is 0 Å². The zero-order chi connectivity index (χ0) is 16.7. The third-order valence-electron chi connectivity index (χ3n) is 2.08. The van der Waals surface area contributed by atoms with Crippen LogP contribution in [-0.2, 0) is 20.8 Å². The van der Waals surface area contributed by atoms with E-state index in [1.54, 1.807) is 3.58 Å². The molecule has 0 N–H and O–H groups in total. The van der Waals surface area contributed by atoms with Crippen molar-refractivity contribution >= 4 is 58.7 Å². The normalized spacial score (nSPS) is 9.19. The first kappa shape index (κ1) is 25.0. The van der Waals surface area contributed by atoms with E-state index in [4.69, 9.17) is 17.0 Å². The van der Waals surface area contributed by atoms with Crippen molar-refractivity contribution in [3.8, 4) is 0 Å². The van der Waals surface area contributed by atoms with Crippen LogP contribution in [0.25, 0.3) is 0 Å². The average Bonchev–Trinajstić information content (AvgIpc) is 3.06. The van der Waals surface area contributed by atoms with E-state index in [-0.39, 0.29) is 0 Å². The van der Waals surface area contributed by atoms with Crippen LogP contribution >= 0.6 is 17.0 Å². The van der Waals surface area contributed by atoms with Crippen LogP contribution in [0.5, 0.6) is 0 Å². The Morgan fingerprint density at radius 1 is 0.905 bits per heavy atom. The van der Waals surface area contributed by atoms with Crippen LogP contribution in [0.3, 0.4) is 0 Å². The number of hydrogen-bond acceptors (Lipinski definition) is 0. The summed E-state index contributed by atoms with van der Waals surface area (Å²) in [4.78, 5) is 14.4. The standard InChI is InChI=1S/C5H5.C5H4.6CH3.2ClH.2Sn.Zr/c2*1-2-4-5-3-1;;;;;;;;;;;/h1-5H;1-4H;6*1H3;2*1H;;;/q2*-1;;;;;;;;;;;+4/p-2. The molecule has 0 amide bonds. The topological polar surface area (TPSA) is 0 Å². The van der Waals surface area contributed by atoms with Gasteiger partial charge in [-0.05, 0) is 0 Å². The minimum atomic E-state index is -1.65. The monoisotopic (exact) mass is 619 g/mol. The summed E-state index contributed by atoms with van der Waals surface area (Å²) < 4.78 is 1.63. The Bertz CT molecular complexity index is 359. The largest absolute Gasteiger partial charge is 0.214 e. The Labute approximate surface area is 161 Å². The van der Waals surface area contributed by atoms with Crippen molar-refractivity contribution in [2.45, 2.75) is 29.6 Å². The maximum atomic E-state index is 4.93. The molecule has 0 fully saturated rings. The quantitative estimate of drug-likeness (QED) is 0.268. The molecular formula is C16H27Cl2Sn2Zr. The summed E-state index contributed by atoms with van der Waals surface area (Å²) in [7, 11) is 9.87. The summed E-state index contributed by atoms with van der Waals surface area (Å²) in [5.74, 6) is 0. The van der Waals surface area contributed by atoms with E-state index in [2.05, 4.69) is 53.9 Å². The molecule has 0 aliphatic heterocycles. The molecule has 0 spiro atoms. The number of hydrogen-bond donors (Lipinski definition) is 0. The van der Waals surface area contributed by atoms with Gasteiger partial charge in [-0.15, -0.1) is 0 Å². The number of halogens is 2. The molecule has 0 heterocycles. The van der Waals surface area contributed by atoms with Gasteiger partial charge in [-0.25, -0.2) is 12.1 Å². The van der Waals surface area contributed by atoms with Crippen LogP contribution in [0.2, 0.25) is 29.6 Å². The summed E-state index contributed by atoms with van der Waals surface area (Å²) in [6.45, 7) is 0. The van der Waals surface area contributed by atoms with Crippen molar-refractivity contribution in [2.24, 2.45) is 0 Å². The molecule has 0 aliphatic carbocycles. The van der Waals surface area contributed by atoms with Gasteiger partial charge in [0, 0.05) is 0 Å². The van der Waals surface area contributed by atoms with Gasteiger partial charge < -0.3 is 0 Å². The second-order valence-corrected chi connectivity index (χ2v) is 32.7. The molecule has 0 saturated carbocycles. The van der Waals surface area contributed by atoms with Gasteiger partial charge in [0.15, 0.2) is 0 Å². The first-order valence-corrected chi connectivity index (χ1v) is 31.8. The smallest absolute Gasteiger partial charge is 0.172 e. The fourth-order valence-corrected chi connectivity index (χ4v) is 4.60. The molecule has 117 valence electrons. The number of rotatable bonds is 1. The first-order chi connectivity index (χ1) is 9.75. The minimum Gasteiger partial charge on any atom is -0.214 e. The van der Waals surface area contributed by atoms with Crippen molar-refractivity contribution in [3.63, 3.8) is 0 Å². The molecule has 2 aromatic rings. The molecule has 0 atom stereocenters. The first-order valence-electron chi connectivity index (χ1n) is 6.87. The van der Waals surface area contributed by atoms with Crippen LogP contribution in [0, 0.1) is 0 Å². The molecule has 0 nitrogen and oxygen atoms in total. The Morgan fingerprint density at radius 3 is 1.38 bits per heavy atom. The molecule has 1 radical (unpaired) electrons. The molecule has 2 rings (SSSR count). The van der Waals surface area contributed by atoms with Gasteiger partial charge in [0.25, 0.3) is 0 Å². The van der Waals surface area contributed by atoms with Crippen LogP contribution < -0.4 is 3.58 Å². The van der Waals surface area contributed by atoms with Gasteiger partial charge in [0.2, 0.25) is 0 Å². The summed E-state index contributed by atoms with van der Waals surface area (Å²) >= 11 is -3.02. The molecule has 2 aromatic carbocycles. The SMILES string of the molecule is [CH3][Sn]([CH3])([CH3])[c-]1cccc1.[CH3][Sn]([CH3])[CH3].[Cl][Zr+2][Cl].c1cc[cH-]c1. The van der Waals surface area contributed by atoms with E-state index in [1.807, 2.05) is 30.3 Å². The van der Waals surface area contributed by atoms with Crippen LogP contribution in [0.15, 0.2) is 54.6 Å². The summed E-state index contributed by atoms with van der Waals surface area (Å²) in [5.41, 5.74) is 0. The van der Waals surface area contributed by atoms with Crippen LogP contribution in [0.4, 0.5) is 0 Å². The zero-order valence-electron chi connectivity index (χ0n) is 14.0. The van der Waals surface area contributed by atoms with Crippen molar-refractivity contribution in [1.29, 1.82) is 0 Å². The van der Waals surface area contributed by atoms with E-state index >= 15 is 0 Å². The van der Waals surface area contributed by atoms with Crippen molar-refractivity contribution in [3.05, 3.63) is 54.6 Å². The average molecular weight is 619 g/mol. The van der Waals surface area contributed by atoms with Crippen LogP contribution in [-0.4, -0.2) is 38.1 Å². The van der Waals surface area contributed by atoms with Gasteiger partial charge in [-0.2, -0.15) is 18.2 Å². The molecule has 0 bridgehead atoms. The second kappa shape index (κ2) is 16.6. The molecule has 0 aliphatic rings. The van der Waals surface area contributed by atoms with Crippen molar-refractivity contribution < 1.29 is 20.8 Å². The Balaban J connectivity index is 0. The third-order valence-corrected chi connectivity index (χ3v) is 7.98. The summed E-state index contributed by atoms with van der Waals surface area (Å²) in [6.07, 6.45) is 0. The maximum absolute atomic E-state index is 4.93. The van der Waals surface area contributed by atoms with Gasteiger partial charge in [0.1, 0.15) is 0 Å². The van der Waals surface area contributed by atoms with E-state index in [9.17, 15) is 0 Å². The fourth-order valence-electron chi connectivity index (χ4n) is 1.19. The zero-order valence-corrected chi connectivity index (χ0v) is 23.6. The van der Waals surface area contributed by atoms with Crippen LogP contribution in [0.1, 0.15) is 0 Å². The van der Waals surface area contributed by atoms with Crippen molar-refractivity contribution in [2.75, 3.05) is 0 Å². The van der Waals surface area contributed by atoms with Crippen molar-refractivity contribution in [1.82, 2.24) is 0 Å². The predicted molar refractivity (Wildman–Crippen MR) is 102 cm³/mol. The van der Waals surface area contributed by atoms with E-state index in [0.717, 1.165) is 0 Å². The van der Waals surface area contributed by atoms with E-state index in [0.29, 0.717) is 0 Å². The third kappa shape index (κ3) is 21.8. The van der Waals surface area contributed by atoms with Gasteiger partial charge >= 0.3 is 133 Å². The van der Waals surface area contributed by atoms with Gasteiger partial charge in [0.05, 0.1) is 0 Å². The van der Waals surface area contributed by atoms with Gasteiger partial charge in [-0.3, -0.25) is 0 Å². The Kier molecular flexibility index (Phi) is 19.8. The Morgan fingerprint density at radius 2 is 1.24 bits per heavy atom. The minimum absolute atomic E-state index is 0.543. The molecule has 21 heavy (non-hydrogen) atoms. The molecular weight excluding hydrogens is 592 g/mol. The molecule has 5 heteroatoms. The molecule has 0 saturated heterocycles. The summed E-state index contributed by atoms with van der Waals surface area (Å²) in [5, 5.41) is 0. The fraction of sp³-hybridized carbons (Fsp3) is 0.375. The van der Waals surface area contributed by atoms with Gasteiger partial charge in [-0.1, -0.05) is 0 Å². The van der Waals surface area contributed by atoms with E-state index < -0.39 is 59.0 Å². The summed E-state index contributed by atoms with van der Waals surface area (Å²) in [6, 6.07) is 18.8. The Hall–Kier alpha value is 1.76. The predicted octanol–water partition coefficient (Wildman–Crippen LogP) is 6.10.